The fourth-order valence-electron chi connectivity index (χ4n) is 3.81. The van der Waals surface area contributed by atoms with E-state index in [1.165, 1.54) is 7.11 Å². The van der Waals surface area contributed by atoms with Crippen LogP contribution in [-0.2, 0) is 9.53 Å². The molecule has 26 heavy (non-hydrogen) atoms. The van der Waals surface area contributed by atoms with E-state index in [4.69, 9.17) is 9.72 Å². The van der Waals surface area contributed by atoms with E-state index in [1.807, 2.05) is 30.3 Å². The van der Waals surface area contributed by atoms with Crippen molar-refractivity contribution in [1.29, 1.82) is 0 Å². The first-order valence-corrected chi connectivity index (χ1v) is 8.95. The Morgan fingerprint density at radius 3 is 2.81 bits per heavy atom. The number of aromatic nitrogens is 1. The molecule has 6 heteroatoms. The zero-order valence-corrected chi connectivity index (χ0v) is 14.8. The first-order valence-electron chi connectivity index (χ1n) is 8.95. The lowest BCUT2D eigenvalue weighted by Crippen LogP contribution is -2.40. The lowest BCUT2D eigenvalue weighted by molar-refractivity contribution is -0.151. The number of pyridine rings is 1. The molecule has 2 heterocycles. The Morgan fingerprint density at radius 2 is 2.12 bits per heavy atom. The van der Waals surface area contributed by atoms with E-state index in [0.717, 1.165) is 29.4 Å². The van der Waals surface area contributed by atoms with Gasteiger partial charge in [0.2, 0.25) is 0 Å². The largest absolute Gasteiger partial charge is 0.481 e. The number of carbonyl (C=O) groups is 2. The number of fused-ring (bicyclic) bond motifs is 1. The minimum Gasteiger partial charge on any atom is -0.481 e. The van der Waals surface area contributed by atoms with Crippen LogP contribution in [0.2, 0.25) is 0 Å². The number of hydrogen-bond acceptors (Lipinski definition) is 4. The normalized spacial score (nSPS) is 22.7. The van der Waals surface area contributed by atoms with Crippen LogP contribution in [0, 0.1) is 5.41 Å². The molecule has 2 aliphatic rings. The number of carbonyl (C=O) groups excluding carboxylic acids is 1. The molecule has 1 aromatic heterocycles. The summed E-state index contributed by atoms with van der Waals surface area (Å²) in [5.74, 6) is -0.589. The number of carboxylic acid groups (broad SMARTS) is 1. The van der Waals surface area contributed by atoms with Gasteiger partial charge >= 0.3 is 5.97 Å². The fourth-order valence-corrected chi connectivity index (χ4v) is 3.81. The van der Waals surface area contributed by atoms with Crippen molar-refractivity contribution in [2.75, 3.05) is 26.8 Å². The van der Waals surface area contributed by atoms with Crippen molar-refractivity contribution >= 4 is 22.8 Å². The van der Waals surface area contributed by atoms with Crippen molar-refractivity contribution in [3.8, 4) is 0 Å². The second-order valence-corrected chi connectivity index (χ2v) is 7.38. The number of aliphatic carboxylic acids is 1. The van der Waals surface area contributed by atoms with E-state index in [0.29, 0.717) is 24.4 Å². The zero-order valence-electron chi connectivity index (χ0n) is 14.8. The van der Waals surface area contributed by atoms with Gasteiger partial charge in [0.15, 0.2) is 0 Å². The van der Waals surface area contributed by atoms with Crippen LogP contribution in [0.15, 0.2) is 30.3 Å². The van der Waals surface area contributed by atoms with Gasteiger partial charge in [0.05, 0.1) is 17.7 Å². The maximum Gasteiger partial charge on any atom is 0.313 e. The molecule has 6 nitrogen and oxygen atoms in total. The van der Waals surface area contributed by atoms with Crippen molar-refractivity contribution in [2.45, 2.75) is 25.2 Å². The fraction of sp³-hybridized carbons (Fsp3) is 0.450. The summed E-state index contributed by atoms with van der Waals surface area (Å²) in [6.07, 6.45) is 2.62. The molecule has 136 valence electrons. The summed E-state index contributed by atoms with van der Waals surface area (Å²) in [5, 5.41) is 10.5. The maximum absolute atomic E-state index is 13.2. The number of rotatable bonds is 5. The highest BCUT2D eigenvalue weighted by Crippen LogP contribution is 2.40. The number of amides is 1. The minimum atomic E-state index is -1.02. The summed E-state index contributed by atoms with van der Waals surface area (Å²) in [7, 11) is 1.49. The van der Waals surface area contributed by atoms with Crippen LogP contribution < -0.4 is 0 Å². The van der Waals surface area contributed by atoms with E-state index in [2.05, 4.69) is 0 Å². The molecule has 1 N–H and O–H groups in total. The van der Waals surface area contributed by atoms with Gasteiger partial charge in [-0.15, -0.1) is 0 Å². The smallest absolute Gasteiger partial charge is 0.313 e. The number of hydrogen-bond donors (Lipinski definition) is 1. The Kier molecular flexibility index (Phi) is 4.15. The summed E-state index contributed by atoms with van der Waals surface area (Å²) < 4.78 is 5.12. The maximum atomic E-state index is 13.2. The summed E-state index contributed by atoms with van der Waals surface area (Å²) >= 11 is 0. The number of benzene rings is 1. The van der Waals surface area contributed by atoms with Crippen LogP contribution in [0.3, 0.4) is 0 Å². The Balaban J connectivity index is 1.69. The van der Waals surface area contributed by atoms with Crippen LogP contribution in [0.25, 0.3) is 10.9 Å². The predicted molar refractivity (Wildman–Crippen MR) is 96.2 cm³/mol. The van der Waals surface area contributed by atoms with Gasteiger partial charge in [-0.3, -0.25) is 14.6 Å². The summed E-state index contributed by atoms with van der Waals surface area (Å²) in [5.41, 5.74) is 1.39. The summed E-state index contributed by atoms with van der Waals surface area (Å²) in [6, 6.07) is 9.55. The average Bonchev–Trinajstić information content (AvgIpc) is 3.41. The molecule has 1 amide bonds. The molecule has 0 bridgehead atoms. The molecule has 1 aliphatic carbocycles. The summed E-state index contributed by atoms with van der Waals surface area (Å²) in [6.45, 7) is 0.699. The number of carboxylic acids is 1. The lowest BCUT2D eigenvalue weighted by atomic mass is 9.88. The molecular formula is C20H22N2O4. The number of nitrogens with zero attached hydrogens (tertiary/aromatic N) is 2. The molecule has 1 saturated heterocycles. The van der Waals surface area contributed by atoms with E-state index < -0.39 is 11.4 Å². The SMILES string of the molecule is COCC1(C(=O)O)CCN(C(=O)c2cc(C3CC3)nc3ccccc23)C1. The molecule has 0 spiro atoms. The molecule has 0 radical (unpaired) electrons. The predicted octanol–water partition coefficient (Wildman–Crippen LogP) is 2.68. The topological polar surface area (TPSA) is 79.7 Å². The highest BCUT2D eigenvalue weighted by molar-refractivity contribution is 6.06. The number of likely N-dealkylation sites (tertiary alicyclic amines) is 1. The van der Waals surface area contributed by atoms with Gasteiger partial charge in [-0.1, -0.05) is 18.2 Å². The van der Waals surface area contributed by atoms with E-state index >= 15 is 0 Å². The third-order valence-corrected chi connectivity index (χ3v) is 5.48. The Labute approximate surface area is 151 Å². The van der Waals surface area contributed by atoms with E-state index in [9.17, 15) is 14.7 Å². The Morgan fingerprint density at radius 1 is 1.35 bits per heavy atom. The van der Waals surface area contributed by atoms with Gasteiger partial charge in [0.25, 0.3) is 5.91 Å². The standard InChI is InChI=1S/C20H22N2O4/c1-26-12-20(19(24)25)8-9-22(11-20)18(23)15-10-17(13-6-7-13)21-16-5-3-2-4-14(15)16/h2-5,10,13H,6-9,11-12H2,1H3,(H,24,25). The molecule has 4 rings (SSSR count). The molecule has 1 saturated carbocycles. The molecule has 2 fully saturated rings. The second kappa shape index (κ2) is 6.36. The van der Waals surface area contributed by atoms with Gasteiger partial charge in [-0.25, -0.2) is 0 Å². The van der Waals surface area contributed by atoms with Gasteiger partial charge in [-0.2, -0.15) is 0 Å². The van der Waals surface area contributed by atoms with Crippen molar-refractivity contribution in [1.82, 2.24) is 9.88 Å². The quantitative estimate of drug-likeness (QED) is 0.893. The molecule has 1 atom stereocenters. The average molecular weight is 354 g/mol. The van der Waals surface area contributed by atoms with Crippen LogP contribution in [0.1, 0.15) is 41.2 Å². The highest BCUT2D eigenvalue weighted by atomic mass is 16.5. The van der Waals surface area contributed by atoms with Crippen molar-refractivity contribution in [2.24, 2.45) is 5.41 Å². The third kappa shape index (κ3) is 2.84. The van der Waals surface area contributed by atoms with Gasteiger partial charge < -0.3 is 14.7 Å². The minimum absolute atomic E-state index is 0.108. The Bertz CT molecular complexity index is 877. The monoisotopic (exact) mass is 354 g/mol. The number of methoxy groups -OCH3 is 1. The second-order valence-electron chi connectivity index (χ2n) is 7.38. The van der Waals surface area contributed by atoms with Gasteiger partial charge in [0, 0.05) is 37.2 Å². The van der Waals surface area contributed by atoms with Gasteiger partial charge in [-0.05, 0) is 31.4 Å². The van der Waals surface area contributed by atoms with Crippen LogP contribution >= 0.6 is 0 Å². The van der Waals surface area contributed by atoms with E-state index in [1.54, 1.807) is 4.90 Å². The van der Waals surface area contributed by atoms with Crippen molar-refractivity contribution < 1.29 is 19.4 Å². The van der Waals surface area contributed by atoms with Crippen LogP contribution in [-0.4, -0.2) is 53.7 Å². The highest BCUT2D eigenvalue weighted by Gasteiger charge is 2.46. The molecule has 1 aliphatic heterocycles. The third-order valence-electron chi connectivity index (χ3n) is 5.48. The van der Waals surface area contributed by atoms with E-state index in [-0.39, 0.29) is 19.1 Å². The van der Waals surface area contributed by atoms with Crippen LogP contribution in [0.5, 0.6) is 0 Å². The molecule has 1 unspecified atom stereocenters. The molecular weight excluding hydrogens is 332 g/mol. The van der Waals surface area contributed by atoms with Crippen molar-refractivity contribution in [3.05, 3.63) is 41.6 Å². The lowest BCUT2D eigenvalue weighted by Gasteiger charge is -2.24. The van der Waals surface area contributed by atoms with Gasteiger partial charge in [0.1, 0.15) is 5.41 Å². The first-order chi connectivity index (χ1) is 12.5. The number of ether oxygens (including phenoxy) is 1. The zero-order chi connectivity index (χ0) is 18.3. The van der Waals surface area contributed by atoms with Crippen LogP contribution in [0.4, 0.5) is 0 Å². The summed E-state index contributed by atoms with van der Waals surface area (Å²) in [4.78, 5) is 31.3. The van der Waals surface area contributed by atoms with Crippen molar-refractivity contribution in [3.63, 3.8) is 0 Å². The Hall–Kier alpha value is -2.47. The number of para-hydroxylation sites is 1. The molecule has 1 aromatic carbocycles. The first kappa shape index (κ1) is 17.0. The molecule has 2 aromatic rings.